The van der Waals surface area contributed by atoms with E-state index in [0.717, 1.165) is 5.56 Å². The summed E-state index contributed by atoms with van der Waals surface area (Å²) in [4.78, 5) is 24.7. The molecular formula is C25H21N3O4. The molecule has 1 amide bonds. The SMILES string of the molecule is CC1(CNC(=O)OCc2ccccc2)C=C(n2ccccc2=O)c2cc(C#N)ccc2O1. The summed E-state index contributed by atoms with van der Waals surface area (Å²) in [6.07, 6.45) is 2.86. The van der Waals surface area contributed by atoms with Crippen LogP contribution in [0.3, 0.4) is 0 Å². The number of hydrogen-bond donors (Lipinski definition) is 1. The number of pyridine rings is 1. The van der Waals surface area contributed by atoms with E-state index in [9.17, 15) is 14.9 Å². The van der Waals surface area contributed by atoms with E-state index in [1.165, 1.54) is 10.6 Å². The van der Waals surface area contributed by atoms with Crippen molar-refractivity contribution in [1.29, 1.82) is 5.26 Å². The van der Waals surface area contributed by atoms with E-state index in [0.29, 0.717) is 22.6 Å². The Morgan fingerprint density at radius 3 is 2.69 bits per heavy atom. The quantitative estimate of drug-likeness (QED) is 0.670. The van der Waals surface area contributed by atoms with Gasteiger partial charge in [-0.2, -0.15) is 5.26 Å². The molecule has 160 valence electrons. The van der Waals surface area contributed by atoms with Gasteiger partial charge in [0, 0.05) is 17.8 Å². The van der Waals surface area contributed by atoms with E-state index in [1.54, 1.807) is 49.5 Å². The maximum atomic E-state index is 12.5. The number of nitrogens with zero attached hydrogens (tertiary/aromatic N) is 2. The number of nitrogens with one attached hydrogen (secondary N) is 1. The zero-order valence-corrected chi connectivity index (χ0v) is 17.4. The minimum atomic E-state index is -0.947. The van der Waals surface area contributed by atoms with Gasteiger partial charge in [0.15, 0.2) is 0 Å². The molecule has 1 aromatic heterocycles. The van der Waals surface area contributed by atoms with Crippen LogP contribution in [0.2, 0.25) is 0 Å². The van der Waals surface area contributed by atoms with Gasteiger partial charge in [0.1, 0.15) is 18.0 Å². The molecule has 0 radical (unpaired) electrons. The van der Waals surface area contributed by atoms with Gasteiger partial charge in [-0.25, -0.2) is 4.79 Å². The lowest BCUT2D eigenvalue weighted by molar-refractivity contribution is 0.111. The standard InChI is InChI=1S/C25H21N3O4/c1-25(17-27-24(30)31-16-18-7-3-2-4-8-18)14-21(28-12-6-5-9-23(28)29)20-13-19(15-26)10-11-22(20)32-25/h2-14H,16-17H2,1H3,(H,27,30). The van der Waals surface area contributed by atoms with Gasteiger partial charge >= 0.3 is 6.09 Å². The summed E-state index contributed by atoms with van der Waals surface area (Å²) < 4.78 is 12.9. The summed E-state index contributed by atoms with van der Waals surface area (Å²) in [6.45, 7) is 2.08. The molecule has 1 aliphatic rings. The van der Waals surface area contributed by atoms with E-state index < -0.39 is 11.7 Å². The van der Waals surface area contributed by atoms with Gasteiger partial charge in [-0.3, -0.25) is 9.36 Å². The molecular weight excluding hydrogens is 406 g/mol. The van der Waals surface area contributed by atoms with Crippen LogP contribution in [-0.4, -0.2) is 22.8 Å². The van der Waals surface area contributed by atoms with Crippen LogP contribution in [0.25, 0.3) is 5.70 Å². The molecule has 2 heterocycles. The summed E-state index contributed by atoms with van der Waals surface area (Å²) in [5.74, 6) is 0.513. The van der Waals surface area contributed by atoms with Crippen LogP contribution in [0, 0.1) is 11.3 Å². The molecule has 0 saturated carbocycles. The first-order valence-electron chi connectivity index (χ1n) is 10.1. The molecule has 4 rings (SSSR count). The molecule has 32 heavy (non-hydrogen) atoms. The Balaban J connectivity index is 1.57. The number of rotatable bonds is 5. The lowest BCUT2D eigenvalue weighted by atomic mass is 9.96. The molecule has 3 aromatic rings. The van der Waals surface area contributed by atoms with Crippen LogP contribution in [0.4, 0.5) is 4.79 Å². The van der Waals surface area contributed by atoms with Crippen LogP contribution in [0.5, 0.6) is 5.75 Å². The van der Waals surface area contributed by atoms with Gasteiger partial charge in [-0.05, 0) is 42.8 Å². The van der Waals surface area contributed by atoms with Crippen molar-refractivity contribution in [3.05, 3.63) is 106 Å². The Kier molecular flexibility index (Phi) is 5.77. The Morgan fingerprint density at radius 2 is 1.94 bits per heavy atom. The predicted molar refractivity (Wildman–Crippen MR) is 119 cm³/mol. The molecule has 7 heteroatoms. The predicted octanol–water partition coefficient (Wildman–Crippen LogP) is 3.69. The van der Waals surface area contributed by atoms with Crippen molar-refractivity contribution in [2.24, 2.45) is 0 Å². The average Bonchev–Trinajstić information content (AvgIpc) is 2.82. The molecule has 1 aliphatic heterocycles. The first kappa shape index (κ1) is 20.9. The molecule has 0 fully saturated rings. The molecule has 2 aromatic carbocycles. The van der Waals surface area contributed by atoms with E-state index >= 15 is 0 Å². The molecule has 1 N–H and O–H groups in total. The highest BCUT2D eigenvalue weighted by Gasteiger charge is 2.33. The smallest absolute Gasteiger partial charge is 0.407 e. The average molecular weight is 427 g/mol. The maximum Gasteiger partial charge on any atom is 0.407 e. The second-order valence-corrected chi connectivity index (χ2v) is 7.59. The lowest BCUT2D eigenvalue weighted by Gasteiger charge is -2.34. The Bertz CT molecular complexity index is 1270. The summed E-state index contributed by atoms with van der Waals surface area (Å²) >= 11 is 0. The van der Waals surface area contributed by atoms with Gasteiger partial charge in [0.2, 0.25) is 0 Å². The van der Waals surface area contributed by atoms with Crippen molar-refractivity contribution < 1.29 is 14.3 Å². The highest BCUT2D eigenvalue weighted by molar-refractivity contribution is 5.75. The van der Waals surface area contributed by atoms with Crippen molar-refractivity contribution >= 4 is 11.8 Å². The molecule has 0 aliphatic carbocycles. The number of carbonyl (C=O) groups excluding carboxylic acids is 1. The number of amides is 1. The summed E-state index contributed by atoms with van der Waals surface area (Å²) in [5.41, 5.74) is 1.38. The lowest BCUT2D eigenvalue weighted by Crippen LogP contribution is -2.45. The van der Waals surface area contributed by atoms with E-state index in [4.69, 9.17) is 9.47 Å². The number of carbonyl (C=O) groups is 1. The van der Waals surface area contributed by atoms with Crippen molar-refractivity contribution in [2.45, 2.75) is 19.1 Å². The van der Waals surface area contributed by atoms with Gasteiger partial charge in [0.05, 0.1) is 23.9 Å². The highest BCUT2D eigenvalue weighted by Crippen LogP contribution is 2.36. The number of aromatic nitrogens is 1. The van der Waals surface area contributed by atoms with Crippen LogP contribution in [0.15, 0.2) is 83.8 Å². The van der Waals surface area contributed by atoms with Gasteiger partial charge in [-0.1, -0.05) is 36.4 Å². The Morgan fingerprint density at radius 1 is 1.16 bits per heavy atom. The third-order valence-corrected chi connectivity index (χ3v) is 5.05. The van der Waals surface area contributed by atoms with Crippen LogP contribution in [0.1, 0.15) is 23.6 Å². The summed E-state index contributed by atoms with van der Waals surface area (Å²) in [5, 5.41) is 12.0. The van der Waals surface area contributed by atoms with E-state index in [1.807, 2.05) is 30.3 Å². The van der Waals surface area contributed by atoms with Crippen molar-refractivity contribution in [3.8, 4) is 11.8 Å². The van der Waals surface area contributed by atoms with E-state index in [2.05, 4.69) is 11.4 Å². The Labute approximate surface area is 185 Å². The number of nitriles is 1. The molecule has 0 bridgehead atoms. The first-order valence-corrected chi connectivity index (χ1v) is 10.1. The second kappa shape index (κ2) is 8.82. The van der Waals surface area contributed by atoms with Crippen LogP contribution < -0.4 is 15.6 Å². The van der Waals surface area contributed by atoms with Crippen LogP contribution >= 0.6 is 0 Å². The van der Waals surface area contributed by atoms with E-state index in [-0.39, 0.29) is 18.7 Å². The van der Waals surface area contributed by atoms with Crippen molar-refractivity contribution in [1.82, 2.24) is 9.88 Å². The third-order valence-electron chi connectivity index (χ3n) is 5.05. The summed E-state index contributed by atoms with van der Waals surface area (Å²) in [6, 6.07) is 21.4. The minimum Gasteiger partial charge on any atom is -0.481 e. The number of benzene rings is 2. The number of fused-ring (bicyclic) bond motifs is 1. The topological polar surface area (TPSA) is 93.4 Å². The molecule has 1 unspecified atom stereocenters. The molecule has 1 atom stereocenters. The van der Waals surface area contributed by atoms with Gasteiger partial charge < -0.3 is 14.8 Å². The zero-order chi connectivity index (χ0) is 22.6. The number of alkyl carbamates (subject to hydrolysis) is 1. The fourth-order valence-corrected chi connectivity index (χ4v) is 3.47. The monoisotopic (exact) mass is 427 g/mol. The zero-order valence-electron chi connectivity index (χ0n) is 17.4. The largest absolute Gasteiger partial charge is 0.481 e. The summed E-state index contributed by atoms with van der Waals surface area (Å²) in [7, 11) is 0. The van der Waals surface area contributed by atoms with Crippen LogP contribution in [-0.2, 0) is 11.3 Å². The van der Waals surface area contributed by atoms with Gasteiger partial charge in [-0.15, -0.1) is 0 Å². The fourth-order valence-electron chi connectivity index (χ4n) is 3.47. The first-order chi connectivity index (χ1) is 15.5. The third kappa shape index (κ3) is 4.55. The number of ether oxygens (including phenoxy) is 2. The minimum absolute atomic E-state index is 0.116. The Hall–Kier alpha value is -4.31. The second-order valence-electron chi connectivity index (χ2n) is 7.59. The van der Waals surface area contributed by atoms with Crippen molar-refractivity contribution in [3.63, 3.8) is 0 Å². The number of hydrogen-bond acceptors (Lipinski definition) is 5. The molecule has 7 nitrogen and oxygen atoms in total. The molecule has 0 saturated heterocycles. The fraction of sp³-hybridized carbons (Fsp3) is 0.160. The highest BCUT2D eigenvalue weighted by atomic mass is 16.5. The van der Waals surface area contributed by atoms with Gasteiger partial charge in [0.25, 0.3) is 5.56 Å². The maximum absolute atomic E-state index is 12.5. The molecule has 0 spiro atoms. The van der Waals surface area contributed by atoms with Crippen molar-refractivity contribution in [2.75, 3.05) is 6.54 Å². The normalized spacial score (nSPS) is 16.7.